The van der Waals surface area contributed by atoms with E-state index in [1.54, 1.807) is 11.7 Å². The van der Waals surface area contributed by atoms with Crippen molar-refractivity contribution in [3.63, 3.8) is 0 Å². The molecule has 0 atom stereocenters. The summed E-state index contributed by atoms with van der Waals surface area (Å²) in [5.41, 5.74) is 7.20. The normalized spacial score (nSPS) is 11.5. The largest absolute Gasteiger partial charge is 0.329 e. The maximum Gasteiger partial charge on any atom is 0.262 e. The molecular weight excluding hydrogens is 328 g/mol. The zero-order chi connectivity index (χ0) is 17.1. The van der Waals surface area contributed by atoms with Gasteiger partial charge in [0, 0.05) is 31.7 Å². The topological polar surface area (TPSA) is 92.8 Å². The Labute approximate surface area is 144 Å². The molecule has 7 nitrogen and oxygen atoms in total. The third-order valence-electron chi connectivity index (χ3n) is 3.76. The molecule has 2 aromatic heterocycles. The number of halogens is 1. The molecule has 8 heteroatoms. The first kappa shape index (κ1) is 16.6. The first-order chi connectivity index (χ1) is 11.6. The molecular formula is C16H19ClN6O. The number of nitrogens with two attached hydrogens (primary N) is 1. The Bertz CT molecular complexity index is 903. The van der Waals surface area contributed by atoms with Gasteiger partial charge in [-0.3, -0.25) is 14.4 Å². The molecule has 0 spiro atoms. The van der Waals surface area contributed by atoms with Crippen LogP contribution in [-0.2, 0) is 20.1 Å². The Kier molecular flexibility index (Phi) is 4.94. The minimum atomic E-state index is -0.182. The maximum atomic E-state index is 12.1. The summed E-state index contributed by atoms with van der Waals surface area (Å²) < 4.78 is 1.60. The molecule has 0 saturated carbocycles. The van der Waals surface area contributed by atoms with Gasteiger partial charge in [-0.1, -0.05) is 23.7 Å². The highest BCUT2D eigenvalue weighted by Gasteiger charge is 2.12. The molecule has 0 bridgehead atoms. The lowest BCUT2D eigenvalue weighted by molar-refractivity contribution is 0.257. The SMILES string of the molecule is Cn1ncc2c(=O)[nH]c(CN(CCN)Cc3cccc(Cl)c3)nc21. The summed E-state index contributed by atoms with van der Waals surface area (Å²) in [5.74, 6) is 0.589. The van der Waals surface area contributed by atoms with Gasteiger partial charge in [-0.25, -0.2) is 4.98 Å². The van der Waals surface area contributed by atoms with Gasteiger partial charge in [-0.15, -0.1) is 0 Å². The molecule has 3 aromatic rings. The summed E-state index contributed by atoms with van der Waals surface area (Å²) in [6, 6.07) is 7.69. The fourth-order valence-electron chi connectivity index (χ4n) is 2.65. The van der Waals surface area contributed by atoms with Crippen LogP contribution in [-0.4, -0.2) is 37.7 Å². The van der Waals surface area contributed by atoms with Gasteiger partial charge in [-0.2, -0.15) is 5.10 Å². The van der Waals surface area contributed by atoms with Gasteiger partial charge < -0.3 is 10.7 Å². The van der Waals surface area contributed by atoms with Crippen LogP contribution in [0.15, 0.2) is 35.3 Å². The summed E-state index contributed by atoms with van der Waals surface area (Å²) in [6.07, 6.45) is 1.52. The number of aromatic amines is 1. The number of fused-ring (bicyclic) bond motifs is 1. The number of aromatic nitrogens is 4. The number of benzene rings is 1. The number of aryl methyl sites for hydroxylation is 1. The maximum absolute atomic E-state index is 12.1. The van der Waals surface area contributed by atoms with Crippen LogP contribution in [0.1, 0.15) is 11.4 Å². The highest BCUT2D eigenvalue weighted by Crippen LogP contribution is 2.14. The van der Waals surface area contributed by atoms with E-state index >= 15 is 0 Å². The zero-order valence-corrected chi connectivity index (χ0v) is 14.1. The molecule has 0 unspecified atom stereocenters. The van der Waals surface area contributed by atoms with Crippen molar-refractivity contribution in [2.45, 2.75) is 13.1 Å². The second-order valence-electron chi connectivity index (χ2n) is 5.65. The van der Waals surface area contributed by atoms with E-state index in [-0.39, 0.29) is 5.56 Å². The van der Waals surface area contributed by atoms with Gasteiger partial charge in [0.15, 0.2) is 5.65 Å². The van der Waals surface area contributed by atoms with Crippen molar-refractivity contribution in [3.8, 4) is 0 Å². The molecule has 3 N–H and O–H groups in total. The van der Waals surface area contributed by atoms with Crippen molar-refractivity contribution in [3.05, 3.63) is 57.2 Å². The van der Waals surface area contributed by atoms with Crippen LogP contribution < -0.4 is 11.3 Å². The first-order valence-electron chi connectivity index (χ1n) is 7.64. The van der Waals surface area contributed by atoms with Crippen LogP contribution in [0.25, 0.3) is 11.0 Å². The second-order valence-corrected chi connectivity index (χ2v) is 6.08. The summed E-state index contributed by atoms with van der Waals surface area (Å²) in [4.78, 5) is 21.6. The minimum absolute atomic E-state index is 0.182. The van der Waals surface area contributed by atoms with Gasteiger partial charge >= 0.3 is 0 Å². The lowest BCUT2D eigenvalue weighted by Gasteiger charge is -2.21. The predicted molar refractivity (Wildman–Crippen MR) is 93.8 cm³/mol. The average Bonchev–Trinajstić information content (AvgIpc) is 2.89. The lowest BCUT2D eigenvalue weighted by atomic mass is 10.2. The molecule has 0 fully saturated rings. The van der Waals surface area contributed by atoms with E-state index in [0.717, 1.165) is 5.56 Å². The average molecular weight is 347 g/mol. The minimum Gasteiger partial charge on any atom is -0.329 e. The van der Waals surface area contributed by atoms with E-state index in [4.69, 9.17) is 17.3 Å². The van der Waals surface area contributed by atoms with E-state index in [9.17, 15) is 4.79 Å². The molecule has 0 aliphatic heterocycles. The van der Waals surface area contributed by atoms with Gasteiger partial charge in [0.1, 0.15) is 11.2 Å². The van der Waals surface area contributed by atoms with Crippen LogP contribution in [0.5, 0.6) is 0 Å². The number of nitrogens with zero attached hydrogens (tertiary/aromatic N) is 4. The van der Waals surface area contributed by atoms with E-state index < -0.39 is 0 Å². The summed E-state index contributed by atoms with van der Waals surface area (Å²) in [7, 11) is 1.77. The zero-order valence-electron chi connectivity index (χ0n) is 13.4. The van der Waals surface area contributed by atoms with E-state index in [2.05, 4.69) is 20.0 Å². The molecule has 0 amide bonds. The molecule has 0 saturated heterocycles. The summed E-state index contributed by atoms with van der Waals surface area (Å²) in [6.45, 7) is 2.35. The summed E-state index contributed by atoms with van der Waals surface area (Å²) >= 11 is 6.04. The molecule has 0 aliphatic rings. The number of hydrogen-bond donors (Lipinski definition) is 2. The third kappa shape index (κ3) is 3.64. The van der Waals surface area contributed by atoms with E-state index in [1.807, 2.05) is 24.3 Å². The fourth-order valence-corrected chi connectivity index (χ4v) is 2.87. The van der Waals surface area contributed by atoms with Crippen LogP contribution in [0.2, 0.25) is 5.02 Å². The van der Waals surface area contributed by atoms with Crippen LogP contribution in [0.4, 0.5) is 0 Å². The van der Waals surface area contributed by atoms with E-state index in [1.165, 1.54) is 6.20 Å². The molecule has 0 aliphatic carbocycles. The van der Waals surface area contributed by atoms with Crippen LogP contribution in [0, 0.1) is 0 Å². The Morgan fingerprint density at radius 1 is 1.38 bits per heavy atom. The van der Waals surface area contributed by atoms with Crippen molar-refractivity contribution in [1.29, 1.82) is 0 Å². The van der Waals surface area contributed by atoms with Crippen molar-refractivity contribution < 1.29 is 0 Å². The number of nitrogens with one attached hydrogen (secondary N) is 1. The van der Waals surface area contributed by atoms with Gasteiger partial charge in [0.05, 0.1) is 12.7 Å². The standard InChI is InChI=1S/C16H19ClN6O/c1-22-15-13(8-19-22)16(24)21-14(20-15)10-23(6-5-18)9-11-3-2-4-12(17)7-11/h2-4,7-8H,5-6,9-10,18H2,1H3,(H,20,21,24). The first-order valence-corrected chi connectivity index (χ1v) is 8.02. The van der Waals surface area contributed by atoms with Crippen molar-refractivity contribution in [2.75, 3.05) is 13.1 Å². The van der Waals surface area contributed by atoms with Crippen LogP contribution in [0.3, 0.4) is 0 Å². The van der Waals surface area contributed by atoms with E-state index in [0.29, 0.717) is 48.1 Å². The third-order valence-corrected chi connectivity index (χ3v) is 4.00. The second kappa shape index (κ2) is 7.12. The number of H-pyrrole nitrogens is 1. The molecule has 2 heterocycles. The van der Waals surface area contributed by atoms with Crippen molar-refractivity contribution in [2.24, 2.45) is 12.8 Å². The summed E-state index contributed by atoms with van der Waals surface area (Å²) in [5, 5.41) is 5.26. The monoisotopic (exact) mass is 346 g/mol. The predicted octanol–water partition coefficient (Wildman–Crippen LogP) is 1.27. The number of rotatable bonds is 6. The quantitative estimate of drug-likeness (QED) is 0.701. The van der Waals surface area contributed by atoms with Crippen molar-refractivity contribution in [1.82, 2.24) is 24.6 Å². The Hall–Kier alpha value is -2.22. The van der Waals surface area contributed by atoms with Gasteiger partial charge in [0.2, 0.25) is 0 Å². The smallest absolute Gasteiger partial charge is 0.262 e. The highest BCUT2D eigenvalue weighted by molar-refractivity contribution is 6.30. The molecule has 1 aromatic carbocycles. The molecule has 126 valence electrons. The molecule has 24 heavy (non-hydrogen) atoms. The van der Waals surface area contributed by atoms with Gasteiger partial charge in [-0.05, 0) is 17.7 Å². The van der Waals surface area contributed by atoms with Crippen molar-refractivity contribution >= 4 is 22.6 Å². The Morgan fingerprint density at radius 3 is 2.96 bits per heavy atom. The Balaban J connectivity index is 1.85. The Morgan fingerprint density at radius 2 is 2.21 bits per heavy atom. The lowest BCUT2D eigenvalue weighted by Crippen LogP contribution is -2.30. The van der Waals surface area contributed by atoms with Crippen LogP contribution >= 0.6 is 11.6 Å². The highest BCUT2D eigenvalue weighted by atomic mass is 35.5. The molecule has 3 rings (SSSR count). The fraction of sp³-hybridized carbons (Fsp3) is 0.312. The number of hydrogen-bond acceptors (Lipinski definition) is 5. The van der Waals surface area contributed by atoms with Gasteiger partial charge in [0.25, 0.3) is 5.56 Å². The molecule has 0 radical (unpaired) electrons.